The molecule has 0 bridgehead atoms. The molecule has 0 spiro atoms. The van der Waals surface area contributed by atoms with Gasteiger partial charge < -0.3 is 0 Å². The summed E-state index contributed by atoms with van der Waals surface area (Å²) in [6, 6.07) is 0. The minimum absolute atomic E-state index is 0. The maximum atomic E-state index is 4.31. The summed E-state index contributed by atoms with van der Waals surface area (Å²) in [5.41, 5.74) is 0. The molecule has 6 heteroatoms. The van der Waals surface area contributed by atoms with Gasteiger partial charge in [-0.2, -0.15) is 0 Å². The van der Waals surface area contributed by atoms with Crippen LogP contribution in [0.3, 0.4) is 0 Å². The fourth-order valence-corrected chi connectivity index (χ4v) is 16.5. The standard InChI is InChI=1S/3C4H9.CN4.Sn.W/c3*1-3-4-2;1-2-4-5-3-1;;/h3*1,3-4H2,2H3;;;/q;;;-2;+1;. The Balaban J connectivity index is 0.00000324. The summed E-state index contributed by atoms with van der Waals surface area (Å²) in [7, 11) is 0. The maximum absolute atomic E-state index is 4.31. The smallest absolute Gasteiger partial charge is 0 e. The Morgan fingerprint density at radius 3 is 1.68 bits per heavy atom. The van der Waals surface area contributed by atoms with Crippen molar-refractivity contribution in [2.75, 3.05) is 0 Å². The molecule has 1 heterocycles. The van der Waals surface area contributed by atoms with E-state index in [0.29, 0.717) is 0 Å². The Morgan fingerprint density at radius 1 is 0.895 bits per heavy atom. The second-order valence-electron chi connectivity index (χ2n) is 5.21. The molecule has 110 valence electrons. The van der Waals surface area contributed by atoms with Crippen LogP contribution in [0, 0.1) is 6.33 Å². The van der Waals surface area contributed by atoms with Gasteiger partial charge in [0.15, 0.2) is 0 Å². The van der Waals surface area contributed by atoms with Crippen molar-refractivity contribution < 1.29 is 21.1 Å². The summed E-state index contributed by atoms with van der Waals surface area (Å²) in [5.74, 6) is 0. The zero-order valence-corrected chi connectivity index (χ0v) is 18.3. The van der Waals surface area contributed by atoms with E-state index in [9.17, 15) is 0 Å². The third-order valence-electron chi connectivity index (χ3n) is 3.72. The predicted octanol–water partition coefficient (Wildman–Crippen LogP) is 3.66. The maximum Gasteiger partial charge on any atom is 0 e. The van der Waals surface area contributed by atoms with Crippen molar-refractivity contribution in [3.8, 4) is 0 Å². The molecule has 0 aliphatic carbocycles. The molecular weight excluding hydrogens is 515 g/mol. The molecule has 0 saturated carbocycles. The first-order valence-electron chi connectivity index (χ1n) is 7.45. The molecule has 4 nitrogen and oxygen atoms in total. The van der Waals surface area contributed by atoms with Crippen molar-refractivity contribution in [2.24, 2.45) is 0 Å². The average Bonchev–Trinajstić information content (AvgIpc) is 2.93. The van der Waals surface area contributed by atoms with Crippen molar-refractivity contribution >= 4 is 18.7 Å². The molecule has 19 heavy (non-hydrogen) atoms. The van der Waals surface area contributed by atoms with E-state index in [1.165, 1.54) is 51.8 Å². The van der Waals surface area contributed by atoms with Crippen molar-refractivity contribution in [2.45, 2.75) is 72.6 Å². The fraction of sp³-hybridized carbons (Fsp3) is 0.923. The molecule has 0 amide bonds. The van der Waals surface area contributed by atoms with Crippen LogP contribution < -0.4 is 0 Å². The molecular formula is C13H27N4SnW-. The average molecular weight is 542 g/mol. The summed E-state index contributed by atoms with van der Waals surface area (Å²) in [6.07, 6.45) is 10.5. The first-order valence-corrected chi connectivity index (χ1v) is 14.8. The van der Waals surface area contributed by atoms with Gasteiger partial charge in [0.25, 0.3) is 0 Å². The zero-order chi connectivity index (χ0) is 13.3. The third-order valence-corrected chi connectivity index (χ3v) is 17.7. The molecule has 1 aromatic rings. The second kappa shape index (κ2) is 11.2. The van der Waals surface area contributed by atoms with E-state index in [1.807, 2.05) is 0 Å². The van der Waals surface area contributed by atoms with Gasteiger partial charge in [0, 0.05) is 21.1 Å². The van der Waals surface area contributed by atoms with E-state index >= 15 is 0 Å². The number of nitrogens with zero attached hydrogens (tertiary/aromatic N) is 4. The van der Waals surface area contributed by atoms with E-state index in [-0.39, 0.29) is 21.1 Å². The van der Waals surface area contributed by atoms with Crippen LogP contribution in [-0.2, 0) is 21.1 Å². The Kier molecular flexibility index (Phi) is 11.6. The molecule has 0 atom stereocenters. The van der Waals surface area contributed by atoms with E-state index in [0.717, 1.165) is 0 Å². The summed E-state index contributed by atoms with van der Waals surface area (Å²) in [5, 5.41) is 12.4. The first-order chi connectivity index (χ1) is 8.79. The number of unbranched alkanes of at least 4 members (excludes halogenated alkanes) is 3. The van der Waals surface area contributed by atoms with Gasteiger partial charge in [0.1, 0.15) is 0 Å². The van der Waals surface area contributed by atoms with Gasteiger partial charge in [-0.25, -0.2) is 0 Å². The van der Waals surface area contributed by atoms with Crippen LogP contribution in [0.25, 0.3) is 0 Å². The third kappa shape index (κ3) is 6.24. The number of hydrogen-bond acceptors (Lipinski definition) is 3. The van der Waals surface area contributed by atoms with E-state index in [2.05, 4.69) is 45.5 Å². The number of rotatable bonds is 10. The molecule has 0 unspecified atom stereocenters. The number of hydrogen-bond donors (Lipinski definition) is 0. The number of tetrazole rings is 1. The van der Waals surface area contributed by atoms with E-state index in [1.54, 1.807) is 0 Å². The van der Waals surface area contributed by atoms with Crippen LogP contribution >= 0.6 is 0 Å². The van der Waals surface area contributed by atoms with E-state index in [4.69, 9.17) is 0 Å². The minimum Gasteiger partial charge on any atom is 0 e. The van der Waals surface area contributed by atoms with Gasteiger partial charge in [-0.3, -0.25) is 0 Å². The predicted molar refractivity (Wildman–Crippen MR) is 77.0 cm³/mol. The Morgan fingerprint density at radius 2 is 1.37 bits per heavy atom. The fourth-order valence-electron chi connectivity index (χ4n) is 2.54. The quantitative estimate of drug-likeness (QED) is 0.335. The van der Waals surface area contributed by atoms with Crippen LogP contribution in [0.1, 0.15) is 59.3 Å². The van der Waals surface area contributed by atoms with Crippen molar-refractivity contribution in [1.29, 1.82) is 0 Å². The molecule has 0 N–H and O–H groups in total. The van der Waals surface area contributed by atoms with Gasteiger partial charge in [-0.05, 0) is 0 Å². The second-order valence-corrected chi connectivity index (χ2v) is 17.6. The number of aromatic nitrogens is 4. The van der Waals surface area contributed by atoms with Crippen LogP contribution in [-0.4, -0.2) is 37.1 Å². The van der Waals surface area contributed by atoms with Crippen molar-refractivity contribution in [3.05, 3.63) is 6.33 Å². The first kappa shape index (κ1) is 19.6. The topological polar surface area (TPSA) is 43.6 Å². The van der Waals surface area contributed by atoms with Crippen LogP contribution in [0.4, 0.5) is 0 Å². The van der Waals surface area contributed by atoms with Gasteiger partial charge in [-0.15, -0.1) is 0 Å². The summed E-state index contributed by atoms with van der Waals surface area (Å²) < 4.78 is 6.16. The van der Waals surface area contributed by atoms with Gasteiger partial charge >= 0.3 is 116 Å². The van der Waals surface area contributed by atoms with Gasteiger partial charge in [0.2, 0.25) is 0 Å². The van der Waals surface area contributed by atoms with Crippen LogP contribution in [0.15, 0.2) is 0 Å². The Hall–Kier alpha value is 0.557. The SMILES string of the molecule is CCC[CH2][Sn]([CH2]CCC)([CH2]CCC)[n]1n[c-]nn1.[W]. The van der Waals surface area contributed by atoms with Crippen molar-refractivity contribution in [3.63, 3.8) is 0 Å². The van der Waals surface area contributed by atoms with Crippen LogP contribution in [0.5, 0.6) is 0 Å². The molecule has 0 aromatic carbocycles. The molecule has 0 fully saturated rings. The normalized spacial score (nSPS) is 11.3. The summed E-state index contributed by atoms with van der Waals surface area (Å²) >= 11 is -2.43. The summed E-state index contributed by atoms with van der Waals surface area (Å²) in [6.45, 7) is 6.82. The van der Waals surface area contributed by atoms with Gasteiger partial charge in [-0.1, -0.05) is 0 Å². The van der Waals surface area contributed by atoms with Crippen LogP contribution in [0.2, 0.25) is 13.3 Å². The Bertz CT molecular complexity index is 284. The summed E-state index contributed by atoms with van der Waals surface area (Å²) in [4.78, 5) is 0. The monoisotopic (exact) mass is 543 g/mol. The van der Waals surface area contributed by atoms with E-state index < -0.39 is 18.7 Å². The molecule has 1 rings (SSSR count). The molecule has 0 aliphatic heterocycles. The Labute approximate surface area is 136 Å². The zero-order valence-electron chi connectivity index (χ0n) is 12.6. The minimum atomic E-state index is -2.43. The molecule has 0 aliphatic rings. The van der Waals surface area contributed by atoms with Gasteiger partial charge in [0.05, 0.1) is 0 Å². The molecule has 0 radical (unpaired) electrons. The molecule has 0 saturated heterocycles. The molecule has 1 aromatic heterocycles. The largest absolute Gasteiger partial charge is 0 e. The van der Waals surface area contributed by atoms with Crippen molar-refractivity contribution in [1.82, 2.24) is 18.4 Å².